The van der Waals surface area contributed by atoms with Gasteiger partial charge >= 0.3 is 0 Å². The molecule has 0 aliphatic rings. The Morgan fingerprint density at radius 3 is 2.10 bits per heavy atom. The van der Waals surface area contributed by atoms with Gasteiger partial charge in [-0.15, -0.1) is 12.4 Å². The van der Waals surface area contributed by atoms with Gasteiger partial charge in [-0.1, -0.05) is 0 Å². The first-order valence-electron chi connectivity index (χ1n) is 3.10. The number of nitrogens with two attached hydrogens (primary N) is 1. The quantitative estimate of drug-likeness (QED) is 0.619. The molecule has 0 rings (SSSR count). The fourth-order valence-electron chi connectivity index (χ4n) is 0.616. The van der Waals surface area contributed by atoms with E-state index in [1.165, 1.54) is 0 Å². The van der Waals surface area contributed by atoms with Crippen molar-refractivity contribution in [2.24, 2.45) is 5.73 Å². The number of halogens is 1. The van der Waals surface area contributed by atoms with Crippen LogP contribution in [0.4, 0.5) is 0 Å². The van der Waals surface area contributed by atoms with Gasteiger partial charge in [-0.05, 0) is 19.4 Å². The molecule has 0 unspecified atom stereocenters. The lowest BCUT2D eigenvalue weighted by Crippen LogP contribution is -2.14. The van der Waals surface area contributed by atoms with E-state index < -0.39 is 0 Å². The molecule has 0 saturated heterocycles. The van der Waals surface area contributed by atoms with Crippen molar-refractivity contribution >= 4 is 12.4 Å². The highest BCUT2D eigenvalue weighted by molar-refractivity contribution is 5.85. The van der Waals surface area contributed by atoms with Crippen LogP contribution in [0.25, 0.3) is 0 Å². The Bertz CT molecular complexity index is 59.7. The van der Waals surface area contributed by atoms with E-state index in [1.54, 1.807) is 14.2 Å². The number of hydrogen-bond acceptors (Lipinski definition) is 3. The van der Waals surface area contributed by atoms with Gasteiger partial charge < -0.3 is 15.2 Å². The van der Waals surface area contributed by atoms with Crippen LogP contribution < -0.4 is 5.73 Å². The van der Waals surface area contributed by atoms with Gasteiger partial charge in [-0.2, -0.15) is 0 Å². The van der Waals surface area contributed by atoms with Crippen molar-refractivity contribution in [3.05, 3.63) is 0 Å². The van der Waals surface area contributed by atoms with Crippen LogP contribution in [0, 0.1) is 0 Å². The summed E-state index contributed by atoms with van der Waals surface area (Å²) < 4.78 is 9.85. The molecule has 0 aromatic rings. The standard InChI is InChI=1S/C6H15NO2.ClH/c1-8-6(9-2)4-3-5-7;/h6H,3-5,7H2,1-2H3;1H. The SMILES string of the molecule is COC(CCCN)OC.Cl. The van der Waals surface area contributed by atoms with Crippen LogP contribution in [0.2, 0.25) is 0 Å². The van der Waals surface area contributed by atoms with Gasteiger partial charge in [0.1, 0.15) is 0 Å². The lowest BCUT2D eigenvalue weighted by Gasteiger charge is -2.11. The van der Waals surface area contributed by atoms with Crippen molar-refractivity contribution < 1.29 is 9.47 Å². The Morgan fingerprint density at radius 1 is 1.30 bits per heavy atom. The molecular weight excluding hydrogens is 154 g/mol. The number of methoxy groups -OCH3 is 2. The molecule has 3 nitrogen and oxygen atoms in total. The van der Waals surface area contributed by atoms with Crippen LogP contribution in [0.1, 0.15) is 12.8 Å². The van der Waals surface area contributed by atoms with Gasteiger partial charge in [0.15, 0.2) is 6.29 Å². The first-order chi connectivity index (χ1) is 4.35. The summed E-state index contributed by atoms with van der Waals surface area (Å²) in [7, 11) is 3.26. The van der Waals surface area contributed by atoms with Crippen LogP contribution >= 0.6 is 12.4 Å². The second-order valence-electron chi connectivity index (χ2n) is 1.83. The Hall–Kier alpha value is 0.170. The fraction of sp³-hybridized carbons (Fsp3) is 1.00. The maximum absolute atomic E-state index is 5.28. The summed E-state index contributed by atoms with van der Waals surface area (Å²) in [6.07, 6.45) is 1.75. The summed E-state index contributed by atoms with van der Waals surface area (Å²) in [5, 5.41) is 0. The van der Waals surface area contributed by atoms with Gasteiger partial charge in [0.25, 0.3) is 0 Å². The normalized spacial score (nSPS) is 9.60. The minimum atomic E-state index is -0.0754. The highest BCUT2D eigenvalue weighted by atomic mass is 35.5. The monoisotopic (exact) mass is 169 g/mol. The number of ether oxygens (including phenoxy) is 2. The molecule has 0 spiro atoms. The van der Waals surface area contributed by atoms with Gasteiger partial charge in [-0.25, -0.2) is 0 Å². The molecule has 64 valence electrons. The maximum Gasteiger partial charge on any atom is 0.156 e. The summed E-state index contributed by atoms with van der Waals surface area (Å²) in [6.45, 7) is 0.698. The van der Waals surface area contributed by atoms with Crippen molar-refractivity contribution in [3.63, 3.8) is 0 Å². The van der Waals surface area contributed by atoms with Crippen molar-refractivity contribution in [3.8, 4) is 0 Å². The second kappa shape index (κ2) is 9.17. The highest BCUT2D eigenvalue weighted by Crippen LogP contribution is 1.99. The van der Waals surface area contributed by atoms with Crippen LogP contribution in [-0.4, -0.2) is 27.1 Å². The van der Waals surface area contributed by atoms with E-state index in [1.807, 2.05) is 0 Å². The van der Waals surface area contributed by atoms with E-state index in [9.17, 15) is 0 Å². The molecule has 0 atom stereocenters. The average molecular weight is 170 g/mol. The molecule has 0 aromatic carbocycles. The molecule has 0 aromatic heterocycles. The summed E-state index contributed by atoms with van der Waals surface area (Å²) in [4.78, 5) is 0. The first-order valence-corrected chi connectivity index (χ1v) is 3.10. The van der Waals surface area contributed by atoms with Crippen molar-refractivity contribution in [2.75, 3.05) is 20.8 Å². The molecule has 0 heterocycles. The third-order valence-corrected chi connectivity index (χ3v) is 1.17. The first kappa shape index (κ1) is 12.8. The van der Waals surface area contributed by atoms with E-state index >= 15 is 0 Å². The smallest absolute Gasteiger partial charge is 0.156 e. The maximum atomic E-state index is 5.28. The minimum Gasteiger partial charge on any atom is -0.356 e. The van der Waals surface area contributed by atoms with Gasteiger partial charge in [0.05, 0.1) is 0 Å². The minimum absolute atomic E-state index is 0. The second-order valence-corrected chi connectivity index (χ2v) is 1.83. The van der Waals surface area contributed by atoms with Crippen LogP contribution in [0.15, 0.2) is 0 Å². The van der Waals surface area contributed by atoms with Crippen molar-refractivity contribution in [1.29, 1.82) is 0 Å². The molecule has 0 saturated carbocycles. The van der Waals surface area contributed by atoms with Gasteiger partial charge in [0.2, 0.25) is 0 Å². The lowest BCUT2D eigenvalue weighted by atomic mass is 10.3. The highest BCUT2D eigenvalue weighted by Gasteiger charge is 2.01. The van der Waals surface area contributed by atoms with E-state index in [0.717, 1.165) is 12.8 Å². The summed E-state index contributed by atoms with van der Waals surface area (Å²) in [5.74, 6) is 0. The zero-order valence-electron chi connectivity index (χ0n) is 6.50. The van der Waals surface area contributed by atoms with E-state index in [2.05, 4.69) is 0 Å². The Labute approximate surface area is 68.3 Å². The van der Waals surface area contributed by atoms with E-state index in [-0.39, 0.29) is 18.7 Å². The predicted molar refractivity (Wildman–Crippen MR) is 43.3 cm³/mol. The van der Waals surface area contributed by atoms with Crippen molar-refractivity contribution in [2.45, 2.75) is 19.1 Å². The molecule has 0 aliphatic carbocycles. The summed E-state index contributed by atoms with van der Waals surface area (Å²) in [6, 6.07) is 0. The topological polar surface area (TPSA) is 44.5 Å². The predicted octanol–water partition coefficient (Wildman–Crippen LogP) is 0.766. The van der Waals surface area contributed by atoms with Crippen LogP contribution in [0.5, 0.6) is 0 Å². The average Bonchev–Trinajstić information content (AvgIpc) is 1.91. The third kappa shape index (κ3) is 6.29. The van der Waals surface area contributed by atoms with E-state index in [0.29, 0.717) is 6.54 Å². The Morgan fingerprint density at radius 2 is 1.80 bits per heavy atom. The molecule has 0 bridgehead atoms. The number of rotatable bonds is 5. The van der Waals surface area contributed by atoms with Crippen molar-refractivity contribution in [1.82, 2.24) is 0 Å². The molecule has 0 amide bonds. The molecule has 0 fully saturated rings. The fourth-order valence-corrected chi connectivity index (χ4v) is 0.616. The summed E-state index contributed by atoms with van der Waals surface area (Å²) in [5.41, 5.74) is 5.28. The van der Waals surface area contributed by atoms with Crippen LogP contribution in [-0.2, 0) is 9.47 Å². The molecular formula is C6H16ClNO2. The molecule has 0 radical (unpaired) electrons. The number of hydrogen-bond donors (Lipinski definition) is 1. The molecule has 2 N–H and O–H groups in total. The Kier molecular flexibility index (Phi) is 11.7. The van der Waals surface area contributed by atoms with Crippen LogP contribution in [0.3, 0.4) is 0 Å². The van der Waals surface area contributed by atoms with Gasteiger partial charge in [0, 0.05) is 14.2 Å². The molecule has 0 aliphatic heterocycles. The molecule has 10 heavy (non-hydrogen) atoms. The lowest BCUT2D eigenvalue weighted by molar-refractivity contribution is -0.106. The zero-order chi connectivity index (χ0) is 7.11. The van der Waals surface area contributed by atoms with Gasteiger partial charge in [-0.3, -0.25) is 0 Å². The largest absolute Gasteiger partial charge is 0.356 e. The summed E-state index contributed by atoms with van der Waals surface area (Å²) >= 11 is 0. The van der Waals surface area contributed by atoms with E-state index in [4.69, 9.17) is 15.2 Å². The zero-order valence-corrected chi connectivity index (χ0v) is 7.32. The third-order valence-electron chi connectivity index (χ3n) is 1.17. The Balaban J connectivity index is 0. The molecule has 4 heteroatoms.